The number of carbonyl (C=O) groups excluding carboxylic acids is 1. The van der Waals surface area contributed by atoms with E-state index >= 15 is 0 Å². The molecule has 1 fully saturated rings. The van der Waals surface area contributed by atoms with Crippen LogP contribution in [0.4, 0.5) is 4.79 Å². The van der Waals surface area contributed by atoms with Gasteiger partial charge in [0.05, 0.1) is 6.61 Å². The molecule has 13 heavy (non-hydrogen) atoms. The average Bonchev–Trinajstić information content (AvgIpc) is 2.18. The summed E-state index contributed by atoms with van der Waals surface area (Å²) in [5.74, 6) is 0. The molecule has 76 valence electrons. The third kappa shape index (κ3) is 2.61. The number of ether oxygens (including phenoxy) is 1. The number of hydrogen-bond acceptors (Lipinski definition) is 2. The van der Waals surface area contributed by atoms with Crippen molar-refractivity contribution >= 4 is 6.09 Å². The summed E-state index contributed by atoms with van der Waals surface area (Å²) in [5.41, 5.74) is 0. The zero-order valence-corrected chi connectivity index (χ0v) is 8.58. The van der Waals surface area contributed by atoms with Gasteiger partial charge in [-0.2, -0.15) is 0 Å². The largest absolute Gasteiger partial charge is 0.450 e. The van der Waals surface area contributed by atoms with E-state index in [2.05, 4.69) is 6.92 Å². The van der Waals surface area contributed by atoms with Gasteiger partial charge >= 0.3 is 6.09 Å². The Hall–Kier alpha value is -0.730. The van der Waals surface area contributed by atoms with E-state index in [1.807, 2.05) is 11.8 Å². The molecule has 0 bridgehead atoms. The zero-order chi connectivity index (χ0) is 9.68. The molecule has 0 N–H and O–H groups in total. The van der Waals surface area contributed by atoms with Crippen LogP contribution in [0.3, 0.4) is 0 Å². The van der Waals surface area contributed by atoms with Crippen molar-refractivity contribution in [3.8, 4) is 0 Å². The topological polar surface area (TPSA) is 29.5 Å². The van der Waals surface area contributed by atoms with Crippen LogP contribution in [0.2, 0.25) is 0 Å². The molecule has 1 aliphatic heterocycles. The Labute approximate surface area is 80.1 Å². The lowest BCUT2D eigenvalue weighted by atomic mass is 10.0. The summed E-state index contributed by atoms with van der Waals surface area (Å²) in [6.45, 7) is 5.33. The highest BCUT2D eigenvalue weighted by Crippen LogP contribution is 2.19. The lowest BCUT2D eigenvalue weighted by Gasteiger charge is -2.34. The van der Waals surface area contributed by atoms with Crippen LogP contribution in [-0.2, 0) is 4.74 Å². The SMILES string of the molecule is CCOC(=O)N1CCCCC1CC. The number of piperidine rings is 1. The van der Waals surface area contributed by atoms with E-state index in [0.29, 0.717) is 12.6 Å². The van der Waals surface area contributed by atoms with Gasteiger partial charge < -0.3 is 9.64 Å². The van der Waals surface area contributed by atoms with Crippen LogP contribution in [-0.4, -0.2) is 30.2 Å². The van der Waals surface area contributed by atoms with Crippen molar-refractivity contribution in [1.29, 1.82) is 0 Å². The Morgan fingerprint density at radius 2 is 2.23 bits per heavy atom. The van der Waals surface area contributed by atoms with E-state index in [4.69, 9.17) is 4.74 Å². The molecule has 3 heteroatoms. The van der Waals surface area contributed by atoms with Gasteiger partial charge in [0.25, 0.3) is 0 Å². The second-order valence-corrected chi connectivity index (χ2v) is 3.45. The summed E-state index contributed by atoms with van der Waals surface area (Å²) in [7, 11) is 0. The third-order valence-corrected chi connectivity index (χ3v) is 2.60. The van der Waals surface area contributed by atoms with Crippen LogP contribution in [0.15, 0.2) is 0 Å². The van der Waals surface area contributed by atoms with Crippen LogP contribution in [0.1, 0.15) is 39.5 Å². The summed E-state index contributed by atoms with van der Waals surface area (Å²) < 4.78 is 5.00. The number of amides is 1. The quantitative estimate of drug-likeness (QED) is 0.661. The molecular formula is C10H19NO2. The summed E-state index contributed by atoms with van der Waals surface area (Å²) in [6, 6.07) is 0.410. The Kier molecular flexibility index (Phi) is 4.06. The minimum atomic E-state index is -0.131. The highest BCUT2D eigenvalue weighted by atomic mass is 16.6. The maximum absolute atomic E-state index is 11.5. The van der Waals surface area contributed by atoms with Crippen molar-refractivity contribution in [1.82, 2.24) is 4.90 Å². The molecule has 0 aromatic heterocycles. The first-order valence-electron chi connectivity index (χ1n) is 5.23. The number of carbonyl (C=O) groups is 1. The van der Waals surface area contributed by atoms with E-state index in [0.717, 1.165) is 25.8 Å². The van der Waals surface area contributed by atoms with Gasteiger partial charge in [-0.05, 0) is 32.6 Å². The summed E-state index contributed by atoms with van der Waals surface area (Å²) in [6.07, 6.45) is 4.41. The first-order chi connectivity index (χ1) is 6.29. The van der Waals surface area contributed by atoms with Gasteiger partial charge in [-0.1, -0.05) is 6.92 Å². The van der Waals surface area contributed by atoms with Crippen molar-refractivity contribution in [2.24, 2.45) is 0 Å². The van der Waals surface area contributed by atoms with E-state index in [1.165, 1.54) is 6.42 Å². The molecule has 0 radical (unpaired) electrons. The highest BCUT2D eigenvalue weighted by molar-refractivity contribution is 5.68. The van der Waals surface area contributed by atoms with Gasteiger partial charge in [-0.25, -0.2) is 4.79 Å². The molecule has 0 aromatic carbocycles. The van der Waals surface area contributed by atoms with Crippen LogP contribution in [0, 0.1) is 0 Å². The summed E-state index contributed by atoms with van der Waals surface area (Å²) in [5, 5.41) is 0. The Bertz CT molecular complexity index is 170. The Morgan fingerprint density at radius 1 is 1.46 bits per heavy atom. The first kappa shape index (κ1) is 10.4. The molecule has 1 unspecified atom stereocenters. The molecule has 1 aliphatic rings. The molecule has 0 aliphatic carbocycles. The number of hydrogen-bond donors (Lipinski definition) is 0. The first-order valence-corrected chi connectivity index (χ1v) is 5.23. The molecule has 1 saturated heterocycles. The second-order valence-electron chi connectivity index (χ2n) is 3.45. The predicted octanol–water partition coefficient (Wildman–Crippen LogP) is 2.41. The van der Waals surface area contributed by atoms with Gasteiger partial charge in [0.1, 0.15) is 0 Å². The maximum atomic E-state index is 11.5. The van der Waals surface area contributed by atoms with E-state index < -0.39 is 0 Å². The minimum absolute atomic E-state index is 0.131. The van der Waals surface area contributed by atoms with E-state index in [9.17, 15) is 4.79 Å². The minimum Gasteiger partial charge on any atom is -0.450 e. The van der Waals surface area contributed by atoms with Crippen molar-refractivity contribution in [2.45, 2.75) is 45.6 Å². The fraction of sp³-hybridized carbons (Fsp3) is 0.900. The van der Waals surface area contributed by atoms with Crippen molar-refractivity contribution < 1.29 is 9.53 Å². The molecule has 3 nitrogen and oxygen atoms in total. The molecule has 1 rings (SSSR count). The van der Waals surface area contributed by atoms with Gasteiger partial charge in [0.15, 0.2) is 0 Å². The lowest BCUT2D eigenvalue weighted by Crippen LogP contribution is -2.43. The standard InChI is InChI=1S/C10H19NO2/c1-3-9-7-5-6-8-11(9)10(12)13-4-2/h9H,3-8H2,1-2H3. The zero-order valence-electron chi connectivity index (χ0n) is 8.58. The van der Waals surface area contributed by atoms with E-state index in [1.54, 1.807) is 0 Å². The summed E-state index contributed by atoms with van der Waals surface area (Å²) >= 11 is 0. The maximum Gasteiger partial charge on any atom is 0.409 e. The van der Waals surface area contributed by atoms with Gasteiger partial charge in [0.2, 0.25) is 0 Å². The monoisotopic (exact) mass is 185 g/mol. The van der Waals surface area contributed by atoms with Crippen molar-refractivity contribution in [3.63, 3.8) is 0 Å². The fourth-order valence-electron chi connectivity index (χ4n) is 1.87. The molecule has 0 spiro atoms. The third-order valence-electron chi connectivity index (χ3n) is 2.60. The van der Waals surface area contributed by atoms with Crippen molar-refractivity contribution in [2.75, 3.05) is 13.2 Å². The fourth-order valence-corrected chi connectivity index (χ4v) is 1.87. The average molecular weight is 185 g/mol. The molecule has 1 atom stereocenters. The smallest absolute Gasteiger partial charge is 0.409 e. The molecular weight excluding hydrogens is 166 g/mol. The summed E-state index contributed by atoms with van der Waals surface area (Å²) in [4.78, 5) is 13.4. The molecule has 0 saturated carbocycles. The Morgan fingerprint density at radius 3 is 2.85 bits per heavy atom. The van der Waals surface area contributed by atoms with E-state index in [-0.39, 0.29) is 6.09 Å². The van der Waals surface area contributed by atoms with Crippen LogP contribution in [0.25, 0.3) is 0 Å². The number of likely N-dealkylation sites (tertiary alicyclic amines) is 1. The van der Waals surface area contributed by atoms with Gasteiger partial charge in [-0.3, -0.25) is 0 Å². The molecule has 0 aromatic rings. The molecule has 1 heterocycles. The molecule has 1 amide bonds. The Balaban J connectivity index is 2.48. The van der Waals surface area contributed by atoms with Crippen LogP contribution in [0.5, 0.6) is 0 Å². The van der Waals surface area contributed by atoms with Crippen LogP contribution < -0.4 is 0 Å². The number of nitrogens with zero attached hydrogens (tertiary/aromatic N) is 1. The van der Waals surface area contributed by atoms with Crippen molar-refractivity contribution in [3.05, 3.63) is 0 Å². The van der Waals surface area contributed by atoms with Crippen LogP contribution >= 0.6 is 0 Å². The second kappa shape index (κ2) is 5.10. The highest BCUT2D eigenvalue weighted by Gasteiger charge is 2.25. The predicted molar refractivity (Wildman–Crippen MR) is 51.7 cm³/mol. The number of rotatable bonds is 2. The normalized spacial score (nSPS) is 22.9. The van der Waals surface area contributed by atoms with Gasteiger partial charge in [-0.15, -0.1) is 0 Å². The lowest BCUT2D eigenvalue weighted by molar-refractivity contribution is 0.0758. The van der Waals surface area contributed by atoms with Gasteiger partial charge in [0, 0.05) is 12.6 Å².